The molecule has 31 heavy (non-hydrogen) atoms. The number of amides is 1. The van der Waals surface area contributed by atoms with Crippen molar-refractivity contribution in [2.45, 2.75) is 13.2 Å². The number of ether oxygens (including phenoxy) is 2. The molecule has 0 spiro atoms. The zero-order chi connectivity index (χ0) is 21.6. The van der Waals surface area contributed by atoms with E-state index in [9.17, 15) is 4.79 Å². The molecule has 0 unspecified atom stereocenters. The van der Waals surface area contributed by atoms with E-state index in [1.807, 2.05) is 42.5 Å². The summed E-state index contributed by atoms with van der Waals surface area (Å²) in [6.45, 7) is 0.713. The molecule has 0 saturated heterocycles. The summed E-state index contributed by atoms with van der Waals surface area (Å²) in [4.78, 5) is 12.6. The number of rotatable bonds is 7. The van der Waals surface area contributed by atoms with Crippen molar-refractivity contribution in [1.29, 1.82) is 0 Å². The standard InChI is InChI=1S/C26H22ClNO3/c1-30-25-13-9-21(26(29)28-16-18-6-10-23(27)11-7-18)14-22(25)17-31-24-12-8-19-4-2-3-5-20(19)15-24/h2-15H,16-17H2,1H3,(H,28,29). The summed E-state index contributed by atoms with van der Waals surface area (Å²) in [6, 6.07) is 26.8. The van der Waals surface area contributed by atoms with Gasteiger partial charge >= 0.3 is 0 Å². The molecule has 4 rings (SSSR count). The van der Waals surface area contributed by atoms with Gasteiger partial charge in [-0.25, -0.2) is 0 Å². The molecule has 4 nitrogen and oxygen atoms in total. The van der Waals surface area contributed by atoms with Crippen LogP contribution in [0.25, 0.3) is 10.8 Å². The molecule has 0 aromatic heterocycles. The van der Waals surface area contributed by atoms with Crippen molar-refractivity contribution in [2.24, 2.45) is 0 Å². The van der Waals surface area contributed by atoms with Gasteiger partial charge in [-0.3, -0.25) is 4.79 Å². The number of nitrogens with one attached hydrogen (secondary N) is 1. The largest absolute Gasteiger partial charge is 0.496 e. The molecular weight excluding hydrogens is 410 g/mol. The molecule has 1 amide bonds. The molecule has 5 heteroatoms. The molecule has 4 aromatic carbocycles. The van der Waals surface area contributed by atoms with Gasteiger partial charge in [0.2, 0.25) is 0 Å². The van der Waals surface area contributed by atoms with Crippen LogP contribution in [0.1, 0.15) is 21.5 Å². The van der Waals surface area contributed by atoms with Crippen LogP contribution in [-0.4, -0.2) is 13.0 Å². The molecule has 156 valence electrons. The minimum Gasteiger partial charge on any atom is -0.496 e. The minimum atomic E-state index is -0.162. The molecule has 0 bridgehead atoms. The Bertz CT molecular complexity index is 1200. The number of halogens is 1. The Labute approximate surface area is 186 Å². The molecule has 0 heterocycles. The van der Waals surface area contributed by atoms with Crippen LogP contribution < -0.4 is 14.8 Å². The normalized spacial score (nSPS) is 10.6. The van der Waals surface area contributed by atoms with Gasteiger partial charge in [-0.2, -0.15) is 0 Å². The number of fused-ring (bicyclic) bond motifs is 1. The molecule has 0 radical (unpaired) electrons. The number of hydrogen-bond acceptors (Lipinski definition) is 3. The molecule has 1 N–H and O–H groups in total. The summed E-state index contributed by atoms with van der Waals surface area (Å²) in [5, 5.41) is 5.87. The van der Waals surface area contributed by atoms with Crippen molar-refractivity contribution in [1.82, 2.24) is 5.32 Å². The van der Waals surface area contributed by atoms with Gasteiger partial charge in [0.1, 0.15) is 18.1 Å². The maximum Gasteiger partial charge on any atom is 0.251 e. The molecule has 4 aromatic rings. The van der Waals surface area contributed by atoms with E-state index in [1.165, 1.54) is 0 Å². The molecule has 0 aliphatic rings. The van der Waals surface area contributed by atoms with Gasteiger partial charge in [0.25, 0.3) is 5.91 Å². The maximum absolute atomic E-state index is 12.6. The summed E-state index contributed by atoms with van der Waals surface area (Å²) >= 11 is 5.91. The van der Waals surface area contributed by atoms with E-state index in [1.54, 1.807) is 37.4 Å². The third kappa shape index (κ3) is 5.16. The summed E-state index contributed by atoms with van der Waals surface area (Å²) in [6.07, 6.45) is 0. The number of methoxy groups -OCH3 is 1. The van der Waals surface area contributed by atoms with Gasteiger partial charge in [-0.05, 0) is 58.8 Å². The fourth-order valence-electron chi connectivity index (χ4n) is 3.34. The SMILES string of the molecule is COc1ccc(C(=O)NCc2ccc(Cl)cc2)cc1COc1ccc2ccccc2c1. The van der Waals surface area contributed by atoms with Crippen molar-refractivity contribution >= 4 is 28.3 Å². The van der Waals surface area contributed by atoms with E-state index in [-0.39, 0.29) is 5.91 Å². The molecule has 0 aliphatic heterocycles. The Hall–Kier alpha value is -3.50. The van der Waals surface area contributed by atoms with Crippen LogP contribution in [0.4, 0.5) is 0 Å². The number of carbonyl (C=O) groups is 1. The van der Waals surface area contributed by atoms with Gasteiger partial charge < -0.3 is 14.8 Å². The zero-order valence-corrected chi connectivity index (χ0v) is 17.9. The lowest BCUT2D eigenvalue weighted by Gasteiger charge is -2.13. The van der Waals surface area contributed by atoms with Crippen LogP contribution >= 0.6 is 11.6 Å². The Kier molecular flexibility index (Phi) is 6.39. The Morgan fingerprint density at radius 1 is 0.903 bits per heavy atom. The Morgan fingerprint density at radius 2 is 1.68 bits per heavy atom. The second-order valence-electron chi connectivity index (χ2n) is 7.13. The lowest BCUT2D eigenvalue weighted by molar-refractivity contribution is 0.0950. The summed E-state index contributed by atoms with van der Waals surface area (Å²) in [5.41, 5.74) is 2.33. The second-order valence-corrected chi connectivity index (χ2v) is 7.57. The van der Waals surface area contributed by atoms with Crippen molar-refractivity contribution < 1.29 is 14.3 Å². The van der Waals surface area contributed by atoms with Crippen molar-refractivity contribution in [3.63, 3.8) is 0 Å². The third-order valence-corrected chi connectivity index (χ3v) is 5.28. The third-order valence-electron chi connectivity index (χ3n) is 5.02. The fourth-order valence-corrected chi connectivity index (χ4v) is 3.46. The predicted molar refractivity (Wildman–Crippen MR) is 124 cm³/mol. The van der Waals surface area contributed by atoms with Crippen molar-refractivity contribution in [2.75, 3.05) is 7.11 Å². The second kappa shape index (κ2) is 9.54. The first-order chi connectivity index (χ1) is 15.1. The number of benzene rings is 4. The van der Waals surface area contributed by atoms with Gasteiger partial charge in [-0.15, -0.1) is 0 Å². The zero-order valence-electron chi connectivity index (χ0n) is 17.1. The van der Waals surface area contributed by atoms with Gasteiger partial charge in [-0.1, -0.05) is 54.1 Å². The van der Waals surface area contributed by atoms with E-state index >= 15 is 0 Å². The predicted octanol–water partition coefficient (Wildman–Crippen LogP) is 6.01. The van der Waals surface area contributed by atoms with Crippen LogP contribution in [0.3, 0.4) is 0 Å². The lowest BCUT2D eigenvalue weighted by Crippen LogP contribution is -2.23. The topological polar surface area (TPSA) is 47.6 Å². The number of hydrogen-bond donors (Lipinski definition) is 1. The average Bonchev–Trinajstić information content (AvgIpc) is 2.81. The van der Waals surface area contributed by atoms with Crippen LogP contribution in [-0.2, 0) is 13.2 Å². The highest BCUT2D eigenvalue weighted by molar-refractivity contribution is 6.30. The number of carbonyl (C=O) groups excluding carboxylic acids is 1. The molecule has 0 fully saturated rings. The van der Waals surface area contributed by atoms with E-state index in [2.05, 4.69) is 17.4 Å². The quantitative estimate of drug-likeness (QED) is 0.389. The highest BCUT2D eigenvalue weighted by atomic mass is 35.5. The van der Waals surface area contributed by atoms with E-state index < -0.39 is 0 Å². The minimum absolute atomic E-state index is 0.162. The lowest BCUT2D eigenvalue weighted by atomic mass is 10.1. The van der Waals surface area contributed by atoms with Gasteiger partial charge in [0.05, 0.1) is 7.11 Å². The molecule has 0 aliphatic carbocycles. The summed E-state index contributed by atoms with van der Waals surface area (Å²) in [7, 11) is 1.61. The van der Waals surface area contributed by atoms with E-state index in [4.69, 9.17) is 21.1 Å². The van der Waals surface area contributed by atoms with Gasteiger partial charge in [0, 0.05) is 22.7 Å². The average molecular weight is 432 g/mol. The monoisotopic (exact) mass is 431 g/mol. The van der Waals surface area contributed by atoms with Crippen LogP contribution in [0.2, 0.25) is 5.02 Å². The van der Waals surface area contributed by atoms with Crippen molar-refractivity contribution in [3.05, 3.63) is 107 Å². The first-order valence-electron chi connectivity index (χ1n) is 9.93. The van der Waals surface area contributed by atoms with Crippen molar-refractivity contribution in [3.8, 4) is 11.5 Å². The summed E-state index contributed by atoms with van der Waals surface area (Å²) < 4.78 is 11.4. The first-order valence-corrected chi connectivity index (χ1v) is 10.3. The highest BCUT2D eigenvalue weighted by Gasteiger charge is 2.11. The molecular formula is C26H22ClNO3. The fraction of sp³-hybridized carbons (Fsp3) is 0.115. The Morgan fingerprint density at radius 3 is 2.45 bits per heavy atom. The highest BCUT2D eigenvalue weighted by Crippen LogP contribution is 2.25. The van der Waals surface area contributed by atoms with E-state index in [0.29, 0.717) is 29.5 Å². The van der Waals surface area contributed by atoms with Crippen LogP contribution in [0.5, 0.6) is 11.5 Å². The Balaban J connectivity index is 1.45. The summed E-state index contributed by atoms with van der Waals surface area (Å²) in [5.74, 6) is 1.28. The van der Waals surface area contributed by atoms with Gasteiger partial charge in [0.15, 0.2) is 0 Å². The van der Waals surface area contributed by atoms with E-state index in [0.717, 1.165) is 27.6 Å². The molecule has 0 saturated carbocycles. The smallest absolute Gasteiger partial charge is 0.251 e. The first kappa shape index (κ1) is 20.8. The van der Waals surface area contributed by atoms with Crippen LogP contribution in [0, 0.1) is 0 Å². The maximum atomic E-state index is 12.6. The molecule has 0 atom stereocenters. The van der Waals surface area contributed by atoms with Crippen LogP contribution in [0.15, 0.2) is 84.9 Å².